The molecule has 0 aliphatic heterocycles. The Labute approximate surface area is 190 Å². The summed E-state index contributed by atoms with van der Waals surface area (Å²) >= 11 is 0. The van der Waals surface area contributed by atoms with Crippen molar-refractivity contribution >= 4 is 5.97 Å². The third kappa shape index (κ3) is 25.5. The normalized spacial score (nSPS) is 11.3. The molecule has 180 valence electrons. The number of hydrogen-bond donors (Lipinski definition) is 0. The van der Waals surface area contributed by atoms with Gasteiger partial charge in [0.25, 0.3) is 0 Å². The van der Waals surface area contributed by atoms with Crippen molar-refractivity contribution in [3.63, 3.8) is 0 Å². The molecule has 2 nitrogen and oxygen atoms in total. The highest BCUT2D eigenvalue weighted by Crippen LogP contribution is 2.14. The van der Waals surface area contributed by atoms with Crippen LogP contribution in [0.15, 0.2) is 0 Å². The van der Waals surface area contributed by atoms with Crippen molar-refractivity contribution in [2.24, 2.45) is 5.92 Å². The molecule has 0 fully saturated rings. The summed E-state index contributed by atoms with van der Waals surface area (Å²) in [6.07, 6.45) is 28.5. The first-order valence-electron chi connectivity index (χ1n) is 13.8. The number of carbonyl (C=O) groups is 1. The first-order valence-corrected chi connectivity index (χ1v) is 13.8. The average Bonchev–Trinajstić information content (AvgIpc) is 2.72. The third-order valence-corrected chi connectivity index (χ3v) is 6.17. The van der Waals surface area contributed by atoms with Crippen molar-refractivity contribution in [1.82, 2.24) is 0 Å². The van der Waals surface area contributed by atoms with Gasteiger partial charge in [-0.2, -0.15) is 0 Å². The van der Waals surface area contributed by atoms with Crippen molar-refractivity contribution in [3.05, 3.63) is 0 Å². The molecule has 0 atom stereocenters. The second-order valence-corrected chi connectivity index (χ2v) is 9.87. The van der Waals surface area contributed by atoms with Crippen molar-refractivity contribution in [2.75, 3.05) is 6.61 Å². The largest absolute Gasteiger partial charge is 0.466 e. The summed E-state index contributed by atoms with van der Waals surface area (Å²) in [4.78, 5) is 11.8. The lowest BCUT2D eigenvalue weighted by Crippen LogP contribution is -2.05. The molecule has 0 aromatic heterocycles. The van der Waals surface area contributed by atoms with Gasteiger partial charge in [-0.25, -0.2) is 0 Å². The van der Waals surface area contributed by atoms with E-state index in [1.807, 2.05) is 0 Å². The van der Waals surface area contributed by atoms with Crippen LogP contribution in [0, 0.1) is 5.92 Å². The Morgan fingerprint density at radius 1 is 0.567 bits per heavy atom. The second-order valence-electron chi connectivity index (χ2n) is 9.87. The third-order valence-electron chi connectivity index (χ3n) is 6.17. The van der Waals surface area contributed by atoms with Gasteiger partial charge in [0.2, 0.25) is 0 Å². The molecular weight excluding hydrogens is 368 g/mol. The van der Waals surface area contributed by atoms with E-state index in [-0.39, 0.29) is 5.97 Å². The van der Waals surface area contributed by atoms with Gasteiger partial charge in [0.15, 0.2) is 0 Å². The predicted octanol–water partition coefficient (Wildman–Crippen LogP) is 9.79. The van der Waals surface area contributed by atoms with Crippen LogP contribution in [0.2, 0.25) is 0 Å². The van der Waals surface area contributed by atoms with Gasteiger partial charge in [-0.05, 0) is 18.8 Å². The van der Waals surface area contributed by atoms with E-state index in [1.54, 1.807) is 0 Å². The number of unbranched alkanes of at least 4 members (excludes halogenated alkanes) is 18. The average molecular weight is 425 g/mol. The lowest BCUT2D eigenvalue weighted by atomic mass is 10.0. The summed E-state index contributed by atoms with van der Waals surface area (Å²) in [6.45, 7) is 7.51. The van der Waals surface area contributed by atoms with Crippen LogP contribution in [0.1, 0.15) is 162 Å². The fourth-order valence-corrected chi connectivity index (χ4v) is 4.08. The fourth-order valence-electron chi connectivity index (χ4n) is 4.08. The molecule has 0 radical (unpaired) electrons. The highest BCUT2D eigenvalue weighted by atomic mass is 16.5. The number of rotatable bonds is 24. The van der Waals surface area contributed by atoms with E-state index >= 15 is 0 Å². The first kappa shape index (κ1) is 29.5. The van der Waals surface area contributed by atoms with Crippen LogP contribution in [-0.2, 0) is 9.53 Å². The minimum absolute atomic E-state index is 0.0181. The monoisotopic (exact) mass is 424 g/mol. The SMILES string of the molecule is CCCCCCCCCCCCCCCCOC(=O)CCCCCCCCC(C)C. The van der Waals surface area contributed by atoms with Crippen LogP contribution in [0.4, 0.5) is 0 Å². The van der Waals surface area contributed by atoms with Crippen LogP contribution in [0.25, 0.3) is 0 Å². The van der Waals surface area contributed by atoms with E-state index in [0.29, 0.717) is 13.0 Å². The van der Waals surface area contributed by atoms with Crippen molar-refractivity contribution < 1.29 is 9.53 Å². The zero-order chi connectivity index (χ0) is 22.1. The summed E-state index contributed by atoms with van der Waals surface area (Å²) in [5.74, 6) is 0.851. The Morgan fingerprint density at radius 2 is 0.967 bits per heavy atom. The quantitative estimate of drug-likeness (QED) is 0.114. The van der Waals surface area contributed by atoms with Crippen molar-refractivity contribution in [3.8, 4) is 0 Å². The van der Waals surface area contributed by atoms with Gasteiger partial charge >= 0.3 is 5.97 Å². The fraction of sp³-hybridized carbons (Fsp3) is 0.964. The summed E-state index contributed by atoms with van der Waals surface area (Å²) in [7, 11) is 0. The Balaban J connectivity index is 3.14. The molecule has 30 heavy (non-hydrogen) atoms. The van der Waals surface area contributed by atoms with E-state index in [2.05, 4.69) is 20.8 Å². The molecule has 0 spiro atoms. The molecule has 0 aromatic carbocycles. The summed E-state index contributed by atoms with van der Waals surface area (Å²) in [5.41, 5.74) is 0. The molecule has 0 saturated heterocycles. The summed E-state index contributed by atoms with van der Waals surface area (Å²) < 4.78 is 5.38. The van der Waals surface area contributed by atoms with E-state index in [4.69, 9.17) is 4.74 Å². The first-order chi connectivity index (χ1) is 14.7. The number of carbonyl (C=O) groups excluding carboxylic acids is 1. The van der Waals surface area contributed by atoms with Crippen LogP contribution in [-0.4, -0.2) is 12.6 Å². The maximum absolute atomic E-state index is 11.8. The van der Waals surface area contributed by atoms with Crippen molar-refractivity contribution in [1.29, 1.82) is 0 Å². The molecule has 0 bridgehead atoms. The van der Waals surface area contributed by atoms with Crippen LogP contribution in [0.5, 0.6) is 0 Å². The molecule has 0 amide bonds. The molecule has 0 unspecified atom stereocenters. The Morgan fingerprint density at radius 3 is 1.43 bits per heavy atom. The molecule has 0 heterocycles. The van der Waals surface area contributed by atoms with E-state index in [1.165, 1.54) is 122 Å². The highest BCUT2D eigenvalue weighted by molar-refractivity contribution is 5.69. The maximum Gasteiger partial charge on any atom is 0.305 e. The van der Waals surface area contributed by atoms with Crippen LogP contribution in [0.3, 0.4) is 0 Å². The van der Waals surface area contributed by atoms with Gasteiger partial charge in [-0.3, -0.25) is 4.79 Å². The molecule has 0 N–H and O–H groups in total. The van der Waals surface area contributed by atoms with Gasteiger partial charge < -0.3 is 4.74 Å². The zero-order valence-corrected chi connectivity index (χ0v) is 21.2. The van der Waals surface area contributed by atoms with Gasteiger partial charge in [0.05, 0.1) is 6.61 Å². The maximum atomic E-state index is 11.8. The summed E-state index contributed by atoms with van der Waals surface area (Å²) in [5, 5.41) is 0. The van der Waals surface area contributed by atoms with Crippen LogP contribution >= 0.6 is 0 Å². The van der Waals surface area contributed by atoms with Gasteiger partial charge in [0, 0.05) is 6.42 Å². The van der Waals surface area contributed by atoms with E-state index in [9.17, 15) is 4.79 Å². The Kier molecular flexibility index (Phi) is 24.3. The molecular formula is C28H56O2. The van der Waals surface area contributed by atoms with E-state index < -0.39 is 0 Å². The number of ether oxygens (including phenoxy) is 1. The Bertz CT molecular complexity index is 338. The van der Waals surface area contributed by atoms with Crippen molar-refractivity contribution in [2.45, 2.75) is 162 Å². The molecule has 0 rings (SSSR count). The molecule has 0 saturated carbocycles. The number of esters is 1. The summed E-state index contributed by atoms with van der Waals surface area (Å²) in [6, 6.07) is 0. The zero-order valence-electron chi connectivity index (χ0n) is 21.2. The van der Waals surface area contributed by atoms with Gasteiger partial charge in [-0.15, -0.1) is 0 Å². The smallest absolute Gasteiger partial charge is 0.305 e. The molecule has 0 aliphatic rings. The molecule has 0 aromatic rings. The highest BCUT2D eigenvalue weighted by Gasteiger charge is 2.02. The molecule has 2 heteroatoms. The lowest BCUT2D eigenvalue weighted by molar-refractivity contribution is -0.143. The van der Waals surface area contributed by atoms with Gasteiger partial charge in [0.1, 0.15) is 0 Å². The van der Waals surface area contributed by atoms with Crippen LogP contribution < -0.4 is 0 Å². The standard InChI is InChI=1S/C28H56O2/c1-4-5-6-7-8-9-10-11-12-13-14-17-20-23-26-30-28(29)25-22-19-16-15-18-21-24-27(2)3/h27H,4-26H2,1-3H3. The van der Waals surface area contributed by atoms with E-state index in [0.717, 1.165) is 18.8 Å². The Hall–Kier alpha value is -0.530. The minimum Gasteiger partial charge on any atom is -0.466 e. The van der Waals surface area contributed by atoms with Gasteiger partial charge in [-0.1, -0.05) is 143 Å². The predicted molar refractivity (Wildman–Crippen MR) is 133 cm³/mol. The number of hydrogen-bond acceptors (Lipinski definition) is 2. The topological polar surface area (TPSA) is 26.3 Å². The second kappa shape index (κ2) is 24.7. The molecule has 0 aliphatic carbocycles. The minimum atomic E-state index is 0.0181. The lowest BCUT2D eigenvalue weighted by Gasteiger charge is -2.06.